The van der Waals surface area contributed by atoms with Gasteiger partial charge in [0.05, 0.1) is 0 Å². The summed E-state index contributed by atoms with van der Waals surface area (Å²) in [5.41, 5.74) is 2.04. The summed E-state index contributed by atoms with van der Waals surface area (Å²) in [7, 11) is 1.52. The van der Waals surface area contributed by atoms with Gasteiger partial charge in [0.25, 0.3) is 0 Å². The molecular weight excluding hydrogens is 228 g/mol. The van der Waals surface area contributed by atoms with Crippen molar-refractivity contribution in [3.63, 3.8) is 0 Å². The molecule has 1 aliphatic rings. The minimum atomic E-state index is -0.473. The van der Waals surface area contributed by atoms with E-state index in [4.69, 9.17) is 4.74 Å². The van der Waals surface area contributed by atoms with Gasteiger partial charge >= 0.3 is 6.09 Å². The van der Waals surface area contributed by atoms with Gasteiger partial charge in [0.15, 0.2) is 0 Å². The fourth-order valence-corrected chi connectivity index (χ4v) is 1.43. The van der Waals surface area contributed by atoms with E-state index in [1.165, 1.54) is 7.05 Å². The molecule has 4 heteroatoms. The first-order valence-corrected chi connectivity index (χ1v) is 5.59. The number of carbonyl (C=O) groups is 1. The molecule has 0 saturated heterocycles. The Balaban J connectivity index is 1.95. The quantitative estimate of drug-likeness (QED) is 0.856. The normalized spacial score (nSPS) is 12.4. The molecule has 0 heterocycles. The lowest BCUT2D eigenvalue weighted by Crippen LogP contribution is -2.21. The van der Waals surface area contributed by atoms with Crippen LogP contribution in [0.5, 0.6) is 5.75 Å². The summed E-state index contributed by atoms with van der Waals surface area (Å²) in [6.45, 7) is 0. The smallest absolute Gasteiger partial charge is 0.410 e. The Morgan fingerprint density at radius 3 is 2.44 bits per heavy atom. The maximum Gasteiger partial charge on any atom is 0.412 e. The SMILES string of the molecule is CNC(=O)Oc1ccc(NC=C2C=CC=C2)cc1. The summed E-state index contributed by atoms with van der Waals surface area (Å²) in [5.74, 6) is 0.508. The number of benzene rings is 1. The van der Waals surface area contributed by atoms with Crippen LogP contribution < -0.4 is 15.4 Å². The van der Waals surface area contributed by atoms with Crippen LogP contribution in [0.1, 0.15) is 0 Å². The molecule has 0 aromatic heterocycles. The molecule has 0 bridgehead atoms. The standard InChI is InChI=1S/C14H14N2O2/c1-15-14(17)18-13-8-6-12(7-9-13)16-10-11-4-2-3-5-11/h2-10,16H,1H3,(H,15,17). The third-order valence-electron chi connectivity index (χ3n) is 2.36. The maximum atomic E-state index is 11.0. The van der Waals surface area contributed by atoms with E-state index in [1.807, 2.05) is 42.6 Å². The molecule has 92 valence electrons. The van der Waals surface area contributed by atoms with Gasteiger partial charge in [-0.2, -0.15) is 0 Å². The first-order valence-electron chi connectivity index (χ1n) is 5.59. The number of allylic oxidation sites excluding steroid dienone is 5. The molecule has 1 aliphatic carbocycles. The van der Waals surface area contributed by atoms with Crippen LogP contribution in [-0.2, 0) is 0 Å². The summed E-state index contributed by atoms with van der Waals surface area (Å²) < 4.78 is 4.98. The van der Waals surface area contributed by atoms with Crippen LogP contribution >= 0.6 is 0 Å². The first kappa shape index (κ1) is 12.0. The van der Waals surface area contributed by atoms with Crippen LogP contribution in [0.3, 0.4) is 0 Å². The molecule has 1 amide bonds. The van der Waals surface area contributed by atoms with Crippen molar-refractivity contribution in [3.05, 3.63) is 60.3 Å². The van der Waals surface area contributed by atoms with Gasteiger partial charge in [-0.15, -0.1) is 0 Å². The van der Waals surface area contributed by atoms with Gasteiger partial charge in [-0.3, -0.25) is 0 Å². The largest absolute Gasteiger partial charge is 0.412 e. The highest BCUT2D eigenvalue weighted by atomic mass is 16.5. The van der Waals surface area contributed by atoms with E-state index in [0.717, 1.165) is 11.3 Å². The second kappa shape index (κ2) is 5.72. The number of hydrogen-bond donors (Lipinski definition) is 2. The highest BCUT2D eigenvalue weighted by Gasteiger charge is 2.00. The van der Waals surface area contributed by atoms with Crippen LogP contribution in [-0.4, -0.2) is 13.1 Å². The number of hydrogen-bond acceptors (Lipinski definition) is 3. The summed E-state index contributed by atoms with van der Waals surface area (Å²) in [6.07, 6.45) is 9.42. The number of ether oxygens (including phenoxy) is 1. The molecule has 0 saturated carbocycles. The molecule has 0 radical (unpaired) electrons. The average molecular weight is 242 g/mol. The molecule has 0 aliphatic heterocycles. The number of rotatable bonds is 3. The average Bonchev–Trinajstić information content (AvgIpc) is 2.91. The number of carbonyl (C=O) groups excluding carboxylic acids is 1. The van der Waals surface area contributed by atoms with Crippen molar-refractivity contribution in [1.82, 2.24) is 5.32 Å². The molecule has 1 aromatic carbocycles. The van der Waals surface area contributed by atoms with Crippen molar-refractivity contribution in [3.8, 4) is 5.75 Å². The van der Waals surface area contributed by atoms with Crippen LogP contribution in [0.15, 0.2) is 60.3 Å². The Morgan fingerprint density at radius 2 is 1.83 bits per heavy atom. The highest BCUT2D eigenvalue weighted by molar-refractivity contribution is 5.70. The molecule has 0 fully saturated rings. The summed E-state index contributed by atoms with van der Waals surface area (Å²) in [4.78, 5) is 11.0. The van der Waals surface area contributed by atoms with Gasteiger partial charge in [0.1, 0.15) is 5.75 Å². The molecule has 0 atom stereocenters. The summed E-state index contributed by atoms with van der Waals surface area (Å²) in [6, 6.07) is 7.15. The monoisotopic (exact) mass is 242 g/mol. The van der Waals surface area contributed by atoms with E-state index < -0.39 is 6.09 Å². The second-order valence-corrected chi connectivity index (χ2v) is 3.67. The second-order valence-electron chi connectivity index (χ2n) is 3.67. The van der Waals surface area contributed by atoms with Crippen LogP contribution in [0.25, 0.3) is 0 Å². The lowest BCUT2D eigenvalue weighted by molar-refractivity contribution is 0.203. The fraction of sp³-hybridized carbons (Fsp3) is 0.0714. The van der Waals surface area contributed by atoms with Crippen LogP contribution in [0.4, 0.5) is 10.5 Å². The maximum absolute atomic E-state index is 11.0. The van der Waals surface area contributed by atoms with Crippen molar-refractivity contribution in [2.45, 2.75) is 0 Å². The van der Waals surface area contributed by atoms with E-state index in [9.17, 15) is 4.79 Å². The fourth-order valence-electron chi connectivity index (χ4n) is 1.43. The topological polar surface area (TPSA) is 50.4 Å². The third kappa shape index (κ3) is 3.25. The Morgan fingerprint density at radius 1 is 1.17 bits per heavy atom. The van der Waals surface area contributed by atoms with Gasteiger partial charge in [0, 0.05) is 18.9 Å². The third-order valence-corrected chi connectivity index (χ3v) is 2.36. The zero-order valence-electron chi connectivity index (χ0n) is 10.0. The number of amides is 1. The predicted octanol–water partition coefficient (Wildman–Crippen LogP) is 2.83. The lowest BCUT2D eigenvalue weighted by atomic mass is 10.3. The Bertz CT molecular complexity index is 499. The van der Waals surface area contributed by atoms with Crippen LogP contribution in [0.2, 0.25) is 0 Å². The summed E-state index contributed by atoms with van der Waals surface area (Å²) >= 11 is 0. The van der Waals surface area contributed by atoms with Gasteiger partial charge in [-0.1, -0.05) is 24.3 Å². The molecular formula is C14H14N2O2. The Labute approximate surface area is 106 Å². The van der Waals surface area contributed by atoms with Gasteiger partial charge in [-0.05, 0) is 29.8 Å². The van der Waals surface area contributed by atoms with Crippen molar-refractivity contribution < 1.29 is 9.53 Å². The lowest BCUT2D eigenvalue weighted by Gasteiger charge is -2.05. The van der Waals surface area contributed by atoms with E-state index in [2.05, 4.69) is 10.6 Å². The van der Waals surface area contributed by atoms with E-state index in [-0.39, 0.29) is 0 Å². The summed E-state index contributed by atoms with van der Waals surface area (Å²) in [5, 5.41) is 5.55. The van der Waals surface area contributed by atoms with Crippen LogP contribution in [0, 0.1) is 0 Å². The van der Waals surface area contributed by atoms with Crippen molar-refractivity contribution >= 4 is 11.8 Å². The molecule has 1 aromatic rings. The highest BCUT2D eigenvalue weighted by Crippen LogP contribution is 2.16. The van der Waals surface area contributed by atoms with E-state index in [1.54, 1.807) is 12.1 Å². The molecule has 2 N–H and O–H groups in total. The van der Waals surface area contributed by atoms with E-state index >= 15 is 0 Å². The molecule has 4 nitrogen and oxygen atoms in total. The Kier molecular flexibility index (Phi) is 3.81. The zero-order valence-corrected chi connectivity index (χ0v) is 10.0. The first-order chi connectivity index (χ1) is 8.78. The minimum absolute atomic E-state index is 0.473. The molecule has 0 spiro atoms. The van der Waals surface area contributed by atoms with Gasteiger partial charge in [-0.25, -0.2) is 4.79 Å². The van der Waals surface area contributed by atoms with Gasteiger partial charge in [0.2, 0.25) is 0 Å². The van der Waals surface area contributed by atoms with Crippen molar-refractivity contribution in [1.29, 1.82) is 0 Å². The minimum Gasteiger partial charge on any atom is -0.410 e. The number of anilines is 1. The van der Waals surface area contributed by atoms with E-state index in [0.29, 0.717) is 5.75 Å². The predicted molar refractivity (Wildman–Crippen MR) is 71.5 cm³/mol. The molecule has 2 rings (SSSR count). The van der Waals surface area contributed by atoms with Gasteiger partial charge < -0.3 is 15.4 Å². The van der Waals surface area contributed by atoms with Crippen molar-refractivity contribution in [2.24, 2.45) is 0 Å². The molecule has 0 unspecified atom stereocenters. The Hall–Kier alpha value is -2.49. The van der Waals surface area contributed by atoms with Crippen molar-refractivity contribution in [2.75, 3.05) is 12.4 Å². The number of nitrogens with one attached hydrogen (secondary N) is 2. The zero-order chi connectivity index (χ0) is 12.8. The molecule has 18 heavy (non-hydrogen) atoms.